The molecule has 0 bridgehead atoms. The number of hydrogen-bond acceptors (Lipinski definition) is 4. The monoisotopic (exact) mass is 486 g/mol. The third-order valence-electron chi connectivity index (χ3n) is 5.31. The molecule has 0 rings (SSSR count). The fourth-order valence-electron chi connectivity index (χ4n) is 3.10. The topological polar surface area (TPSA) is 115 Å². The van der Waals surface area contributed by atoms with Crippen LogP contribution in [0.4, 0.5) is 0 Å². The molecule has 0 fully saturated rings. The van der Waals surface area contributed by atoms with Gasteiger partial charge in [-0.15, -0.1) is 0 Å². The Balaban J connectivity index is -0.000000799. The Morgan fingerprint density at radius 1 is 0.618 bits per heavy atom. The number of hydrogen-bond donors (Lipinski definition) is 4. The van der Waals surface area contributed by atoms with E-state index in [-0.39, 0.29) is 18.8 Å². The Hall–Kier alpha value is -1.66. The molecule has 6 nitrogen and oxygen atoms in total. The van der Waals surface area contributed by atoms with Crippen molar-refractivity contribution in [2.24, 2.45) is 0 Å². The molecule has 0 aromatic carbocycles. The largest absolute Gasteiger partial charge is 0.478 e. The second kappa shape index (κ2) is 31.3. The fraction of sp³-hybridized carbons (Fsp3) is 0.786. The van der Waals surface area contributed by atoms with E-state index in [1.807, 2.05) is 6.08 Å². The highest BCUT2D eigenvalue weighted by Crippen LogP contribution is 2.14. The lowest BCUT2D eigenvalue weighted by molar-refractivity contribution is -0.133. The van der Waals surface area contributed by atoms with Crippen LogP contribution in [0.3, 0.4) is 0 Å². The van der Waals surface area contributed by atoms with Crippen molar-refractivity contribution in [1.82, 2.24) is 0 Å². The van der Waals surface area contributed by atoms with Crippen LogP contribution in [0.2, 0.25) is 0 Å². The lowest BCUT2D eigenvalue weighted by atomic mass is 10.0. The van der Waals surface area contributed by atoms with Crippen molar-refractivity contribution < 1.29 is 30.0 Å². The Morgan fingerprint density at radius 2 is 0.912 bits per heavy atom. The average molecular weight is 487 g/mol. The molecule has 0 aliphatic rings. The van der Waals surface area contributed by atoms with E-state index < -0.39 is 11.9 Å². The molecule has 6 heteroatoms. The van der Waals surface area contributed by atoms with E-state index in [0.29, 0.717) is 5.57 Å². The normalized spacial score (nSPS) is 10.6. The molecule has 0 radical (unpaired) electrons. The van der Waals surface area contributed by atoms with Crippen molar-refractivity contribution in [2.45, 2.75) is 130 Å². The molecule has 0 saturated heterocycles. The number of aliphatic hydroxyl groups is 2. The highest BCUT2D eigenvalue weighted by molar-refractivity contribution is 5.85. The van der Waals surface area contributed by atoms with Crippen LogP contribution in [0.5, 0.6) is 0 Å². The lowest BCUT2D eigenvalue weighted by Gasteiger charge is -2.03. The van der Waals surface area contributed by atoms with Crippen molar-refractivity contribution in [2.75, 3.05) is 13.2 Å². The van der Waals surface area contributed by atoms with E-state index in [2.05, 4.69) is 13.5 Å². The minimum absolute atomic E-state index is 0.125. The van der Waals surface area contributed by atoms with Gasteiger partial charge >= 0.3 is 11.9 Å². The lowest BCUT2D eigenvalue weighted by Crippen LogP contribution is -1.95. The zero-order valence-corrected chi connectivity index (χ0v) is 22.3. The first-order chi connectivity index (χ1) is 16.2. The summed E-state index contributed by atoms with van der Waals surface area (Å²) in [5.41, 5.74) is 0.658. The number of carbonyl (C=O) groups is 2. The van der Waals surface area contributed by atoms with Gasteiger partial charge in [0.25, 0.3) is 0 Å². The van der Waals surface area contributed by atoms with E-state index in [4.69, 9.17) is 20.4 Å². The third-order valence-corrected chi connectivity index (χ3v) is 5.31. The summed E-state index contributed by atoms with van der Waals surface area (Å²) in [4.78, 5) is 20.2. The van der Waals surface area contributed by atoms with Crippen molar-refractivity contribution in [1.29, 1.82) is 0 Å². The van der Waals surface area contributed by atoms with Gasteiger partial charge in [-0.3, -0.25) is 0 Å². The third kappa shape index (κ3) is 37.6. The molecule has 0 atom stereocenters. The molecule has 0 aliphatic carbocycles. The first-order valence-electron chi connectivity index (χ1n) is 13.2. The van der Waals surface area contributed by atoms with Crippen LogP contribution in [0.15, 0.2) is 23.8 Å². The smallest absolute Gasteiger partial charge is 0.330 e. The van der Waals surface area contributed by atoms with Crippen molar-refractivity contribution in [3.05, 3.63) is 23.8 Å². The van der Waals surface area contributed by atoms with Gasteiger partial charge in [0.15, 0.2) is 0 Å². The molecule has 0 saturated carbocycles. The number of allylic oxidation sites excluding steroid dienone is 1. The van der Waals surface area contributed by atoms with Crippen molar-refractivity contribution in [3.63, 3.8) is 0 Å². The van der Waals surface area contributed by atoms with Crippen LogP contribution in [-0.2, 0) is 9.59 Å². The summed E-state index contributed by atoms with van der Waals surface area (Å²) in [6.45, 7) is 8.31. The zero-order chi connectivity index (χ0) is 26.5. The summed E-state index contributed by atoms with van der Waals surface area (Å²) in [6, 6.07) is 0. The molecule has 0 aliphatic heterocycles. The van der Waals surface area contributed by atoms with E-state index in [1.54, 1.807) is 6.92 Å². The quantitative estimate of drug-likeness (QED) is 0.106. The van der Waals surface area contributed by atoms with Gasteiger partial charge < -0.3 is 20.4 Å². The van der Waals surface area contributed by atoms with Gasteiger partial charge in [-0.1, -0.05) is 116 Å². The number of rotatable bonds is 20. The number of unbranched alkanes of at least 4 members (excludes halogenated alkanes) is 16. The summed E-state index contributed by atoms with van der Waals surface area (Å²) in [5.74, 6) is -1.72. The number of carboxylic acids is 2. The summed E-state index contributed by atoms with van der Waals surface area (Å²) in [5, 5.41) is 31.9. The highest BCUT2D eigenvalue weighted by Gasteiger charge is 1.98. The first kappa shape index (κ1) is 36.9. The standard InChI is InChI=1S/C22H42O2.C4H6O2.C2H6O2/c1-3-4-5-6-7-8-9-10-11-12-13-14-15-16-17-18-19-20-21(2)22(23)24;1-3(2)4(5)6;3-1-2-4/h20H,3-19H2,1-2H3,(H,23,24);1H2,2H3,(H,5,6);3-4H,1-2H2. The second-order valence-electron chi connectivity index (χ2n) is 8.82. The van der Waals surface area contributed by atoms with Gasteiger partial charge in [-0.05, 0) is 26.7 Å². The van der Waals surface area contributed by atoms with Crippen LogP contribution in [0.25, 0.3) is 0 Å². The van der Waals surface area contributed by atoms with E-state index in [0.717, 1.165) is 12.8 Å². The zero-order valence-electron chi connectivity index (χ0n) is 22.3. The van der Waals surface area contributed by atoms with Crippen LogP contribution >= 0.6 is 0 Å². The van der Waals surface area contributed by atoms with Crippen LogP contribution in [0, 0.1) is 0 Å². The molecular weight excluding hydrogens is 432 g/mol. The minimum atomic E-state index is -0.935. The second-order valence-corrected chi connectivity index (χ2v) is 8.82. The van der Waals surface area contributed by atoms with Crippen LogP contribution in [-0.4, -0.2) is 45.6 Å². The molecule has 0 aromatic rings. The van der Waals surface area contributed by atoms with Gasteiger partial charge in [-0.2, -0.15) is 0 Å². The molecular formula is C28H54O6. The van der Waals surface area contributed by atoms with Gasteiger partial charge in [0.1, 0.15) is 0 Å². The Bertz CT molecular complexity index is 485. The average Bonchev–Trinajstić information content (AvgIpc) is 2.81. The van der Waals surface area contributed by atoms with Crippen LogP contribution in [0.1, 0.15) is 130 Å². The van der Waals surface area contributed by atoms with Crippen molar-refractivity contribution in [3.8, 4) is 0 Å². The molecule has 0 heterocycles. The predicted octanol–water partition coefficient (Wildman–Crippen LogP) is 7.29. The molecule has 34 heavy (non-hydrogen) atoms. The number of aliphatic carboxylic acids is 2. The van der Waals surface area contributed by atoms with Crippen molar-refractivity contribution >= 4 is 11.9 Å². The molecule has 202 valence electrons. The maximum atomic E-state index is 10.6. The molecule has 0 spiro atoms. The SMILES string of the molecule is C=C(C)C(=O)O.CCCCCCCCCCCCCCCCCCC=C(C)C(=O)O.OCCO. The number of carboxylic acid groups (broad SMARTS) is 2. The molecule has 0 aromatic heterocycles. The van der Waals surface area contributed by atoms with Crippen LogP contribution < -0.4 is 0 Å². The van der Waals surface area contributed by atoms with Gasteiger partial charge in [-0.25, -0.2) is 9.59 Å². The Kier molecular flexibility index (Phi) is 34.0. The molecule has 4 N–H and O–H groups in total. The van der Waals surface area contributed by atoms with E-state index >= 15 is 0 Å². The molecule has 0 amide bonds. The van der Waals surface area contributed by atoms with E-state index in [1.165, 1.54) is 103 Å². The van der Waals surface area contributed by atoms with Gasteiger partial charge in [0.05, 0.1) is 13.2 Å². The summed E-state index contributed by atoms with van der Waals surface area (Å²) < 4.78 is 0. The fourth-order valence-corrected chi connectivity index (χ4v) is 3.10. The summed E-state index contributed by atoms with van der Waals surface area (Å²) in [7, 11) is 0. The summed E-state index contributed by atoms with van der Waals surface area (Å²) in [6.07, 6.45) is 24.8. The molecule has 0 unspecified atom stereocenters. The maximum Gasteiger partial charge on any atom is 0.330 e. The first-order valence-corrected chi connectivity index (χ1v) is 13.2. The van der Waals surface area contributed by atoms with Gasteiger partial charge in [0, 0.05) is 11.1 Å². The predicted molar refractivity (Wildman–Crippen MR) is 142 cm³/mol. The Labute approximate surface area is 209 Å². The van der Waals surface area contributed by atoms with Gasteiger partial charge in [0.2, 0.25) is 0 Å². The highest BCUT2D eigenvalue weighted by atomic mass is 16.4. The summed E-state index contributed by atoms with van der Waals surface area (Å²) >= 11 is 0. The Morgan fingerprint density at radius 3 is 1.15 bits per heavy atom. The minimum Gasteiger partial charge on any atom is -0.478 e. The van der Waals surface area contributed by atoms with E-state index in [9.17, 15) is 9.59 Å². The number of aliphatic hydroxyl groups excluding tert-OH is 2. The maximum absolute atomic E-state index is 10.6.